The van der Waals surface area contributed by atoms with Crippen molar-refractivity contribution in [2.75, 3.05) is 19.4 Å². The molecule has 0 bridgehead atoms. The van der Waals surface area contributed by atoms with Gasteiger partial charge in [-0.3, -0.25) is 4.68 Å². The minimum absolute atomic E-state index is 0.00238. The number of nitrogen functional groups attached to an aromatic ring is 1. The fourth-order valence-electron chi connectivity index (χ4n) is 1.33. The summed E-state index contributed by atoms with van der Waals surface area (Å²) < 4.78 is 32.9. The summed E-state index contributed by atoms with van der Waals surface area (Å²) in [6.45, 7) is 3.60. The highest BCUT2D eigenvalue weighted by molar-refractivity contribution is 7.89. The third-order valence-corrected chi connectivity index (χ3v) is 4.13. The van der Waals surface area contributed by atoms with Crippen LogP contribution in [0.2, 0.25) is 0 Å². The highest BCUT2D eigenvalue weighted by Crippen LogP contribution is 2.20. The number of sulfonamides is 1. The Hall–Kier alpha value is -1.12. The summed E-state index contributed by atoms with van der Waals surface area (Å²) >= 11 is 0. The van der Waals surface area contributed by atoms with Crippen LogP contribution in [0.1, 0.15) is 12.6 Å². The third kappa shape index (κ3) is 2.96. The fraction of sp³-hybridized carbons (Fsp3) is 0.667. The van der Waals surface area contributed by atoms with Crippen molar-refractivity contribution in [3.63, 3.8) is 0 Å². The van der Waals surface area contributed by atoms with Crippen LogP contribution in [-0.2, 0) is 21.8 Å². The summed E-state index contributed by atoms with van der Waals surface area (Å²) in [5.74, 6) is 0.00238. The molecule has 0 fully saturated rings. The Bertz CT molecular complexity index is 495. The molecule has 1 aromatic heterocycles. The Balaban J connectivity index is 2.98. The molecule has 0 saturated carbocycles. The predicted octanol–water partition coefficient (Wildman–Crippen LogP) is -0.376. The average molecular weight is 262 g/mol. The maximum absolute atomic E-state index is 12.0. The van der Waals surface area contributed by atoms with Gasteiger partial charge in [0.25, 0.3) is 0 Å². The standard InChI is InChI=1S/C9H18N4O3S/c1-6(16-4)5-11-17(14,15)8-7(2)13(3)12-9(8)10/h6,11H,5H2,1-4H3,(H2,10,12). The summed E-state index contributed by atoms with van der Waals surface area (Å²) in [4.78, 5) is 0.0308. The number of hydrogen-bond acceptors (Lipinski definition) is 5. The predicted molar refractivity (Wildman–Crippen MR) is 64.0 cm³/mol. The van der Waals surface area contributed by atoms with Gasteiger partial charge in [0.15, 0.2) is 5.82 Å². The second kappa shape index (κ2) is 5.03. The van der Waals surface area contributed by atoms with E-state index in [0.717, 1.165) is 0 Å². The zero-order valence-electron chi connectivity index (χ0n) is 10.4. The van der Waals surface area contributed by atoms with E-state index in [2.05, 4.69) is 9.82 Å². The zero-order valence-corrected chi connectivity index (χ0v) is 11.2. The largest absolute Gasteiger partial charge is 0.381 e. The van der Waals surface area contributed by atoms with Crippen LogP contribution in [0.5, 0.6) is 0 Å². The summed E-state index contributed by atoms with van der Waals surface area (Å²) in [5.41, 5.74) is 6.08. The summed E-state index contributed by atoms with van der Waals surface area (Å²) in [5, 5.41) is 3.87. The van der Waals surface area contributed by atoms with E-state index in [9.17, 15) is 8.42 Å². The number of hydrogen-bond donors (Lipinski definition) is 2. The lowest BCUT2D eigenvalue weighted by Crippen LogP contribution is -2.32. The summed E-state index contributed by atoms with van der Waals surface area (Å²) in [7, 11) is -0.486. The molecule has 1 rings (SSSR count). The Kier molecular flexibility index (Phi) is 4.12. The molecule has 0 aliphatic heterocycles. The van der Waals surface area contributed by atoms with E-state index in [1.165, 1.54) is 11.8 Å². The SMILES string of the molecule is COC(C)CNS(=O)(=O)c1c(N)nn(C)c1C. The van der Waals surface area contributed by atoms with Crippen molar-refractivity contribution in [3.8, 4) is 0 Å². The molecule has 1 unspecified atom stereocenters. The normalized spacial score (nSPS) is 13.9. The highest BCUT2D eigenvalue weighted by Gasteiger charge is 2.24. The topological polar surface area (TPSA) is 99.2 Å². The Morgan fingerprint density at radius 1 is 1.59 bits per heavy atom. The molecule has 0 radical (unpaired) electrons. The van der Waals surface area contributed by atoms with Gasteiger partial charge in [0.05, 0.1) is 11.8 Å². The van der Waals surface area contributed by atoms with E-state index < -0.39 is 10.0 Å². The molecule has 0 aromatic carbocycles. The van der Waals surface area contributed by atoms with Crippen molar-refractivity contribution >= 4 is 15.8 Å². The van der Waals surface area contributed by atoms with Crippen molar-refractivity contribution in [3.05, 3.63) is 5.69 Å². The van der Waals surface area contributed by atoms with Crippen molar-refractivity contribution in [1.29, 1.82) is 0 Å². The number of nitrogens with one attached hydrogen (secondary N) is 1. The molecule has 0 amide bonds. The molecule has 7 nitrogen and oxygen atoms in total. The number of nitrogens with zero attached hydrogens (tertiary/aromatic N) is 2. The van der Waals surface area contributed by atoms with Crippen molar-refractivity contribution in [1.82, 2.24) is 14.5 Å². The summed E-state index contributed by atoms with van der Waals surface area (Å²) in [6.07, 6.45) is -0.206. The van der Waals surface area contributed by atoms with Crippen LogP contribution in [0.25, 0.3) is 0 Å². The van der Waals surface area contributed by atoms with Crippen LogP contribution in [-0.4, -0.2) is 38.0 Å². The van der Waals surface area contributed by atoms with Crippen LogP contribution >= 0.6 is 0 Å². The summed E-state index contributed by atoms with van der Waals surface area (Å²) in [6, 6.07) is 0. The number of methoxy groups -OCH3 is 1. The van der Waals surface area contributed by atoms with Gasteiger partial charge in [0, 0.05) is 20.7 Å². The lowest BCUT2D eigenvalue weighted by molar-refractivity contribution is 0.122. The first kappa shape index (κ1) is 13.9. The Labute approximate surface area is 101 Å². The Morgan fingerprint density at radius 3 is 2.59 bits per heavy atom. The van der Waals surface area contributed by atoms with Gasteiger partial charge in [-0.1, -0.05) is 0 Å². The van der Waals surface area contributed by atoms with E-state index in [4.69, 9.17) is 10.5 Å². The van der Waals surface area contributed by atoms with Crippen molar-refractivity contribution < 1.29 is 13.2 Å². The number of ether oxygens (including phenoxy) is 1. The lowest BCUT2D eigenvalue weighted by atomic mass is 10.4. The molecule has 0 spiro atoms. The molecular weight excluding hydrogens is 244 g/mol. The van der Waals surface area contributed by atoms with Crippen LogP contribution in [0.4, 0.5) is 5.82 Å². The highest BCUT2D eigenvalue weighted by atomic mass is 32.2. The van der Waals surface area contributed by atoms with Crippen molar-refractivity contribution in [2.24, 2.45) is 7.05 Å². The number of aromatic nitrogens is 2. The van der Waals surface area contributed by atoms with Gasteiger partial charge in [-0.15, -0.1) is 0 Å². The van der Waals surface area contributed by atoms with Gasteiger partial charge >= 0.3 is 0 Å². The van der Waals surface area contributed by atoms with Gasteiger partial charge in [0.1, 0.15) is 4.90 Å². The maximum Gasteiger partial charge on any atom is 0.246 e. The zero-order chi connectivity index (χ0) is 13.2. The van der Waals surface area contributed by atoms with E-state index in [1.807, 2.05) is 0 Å². The molecular formula is C9H18N4O3S. The molecule has 1 heterocycles. The Morgan fingerprint density at radius 2 is 2.18 bits per heavy atom. The van der Waals surface area contributed by atoms with E-state index in [1.54, 1.807) is 20.9 Å². The van der Waals surface area contributed by atoms with Crippen LogP contribution in [0, 0.1) is 6.92 Å². The van der Waals surface area contributed by atoms with Crippen molar-refractivity contribution in [2.45, 2.75) is 24.8 Å². The fourth-order valence-corrected chi connectivity index (χ4v) is 2.76. The quantitative estimate of drug-likeness (QED) is 0.754. The first-order chi connectivity index (χ1) is 7.79. The molecule has 0 saturated heterocycles. The molecule has 1 atom stereocenters. The molecule has 0 aliphatic rings. The first-order valence-electron chi connectivity index (χ1n) is 5.11. The van der Waals surface area contributed by atoms with Gasteiger partial charge < -0.3 is 10.5 Å². The molecule has 3 N–H and O–H groups in total. The molecule has 0 aliphatic carbocycles. The first-order valence-corrected chi connectivity index (χ1v) is 6.59. The molecule has 1 aromatic rings. The van der Waals surface area contributed by atoms with Crippen LogP contribution < -0.4 is 10.5 Å². The second-order valence-electron chi connectivity index (χ2n) is 3.82. The third-order valence-electron chi connectivity index (χ3n) is 2.54. The number of rotatable bonds is 5. The van der Waals surface area contributed by atoms with E-state index >= 15 is 0 Å². The van der Waals surface area contributed by atoms with Gasteiger partial charge in [-0.25, -0.2) is 13.1 Å². The van der Waals surface area contributed by atoms with E-state index in [-0.39, 0.29) is 23.4 Å². The number of aryl methyl sites for hydroxylation is 1. The molecule has 17 heavy (non-hydrogen) atoms. The molecule has 8 heteroatoms. The lowest BCUT2D eigenvalue weighted by Gasteiger charge is -2.11. The average Bonchev–Trinajstić information content (AvgIpc) is 2.50. The maximum atomic E-state index is 12.0. The minimum atomic E-state index is -3.64. The minimum Gasteiger partial charge on any atom is -0.381 e. The monoisotopic (exact) mass is 262 g/mol. The van der Waals surface area contributed by atoms with Gasteiger partial charge in [-0.2, -0.15) is 5.10 Å². The van der Waals surface area contributed by atoms with Crippen LogP contribution in [0.15, 0.2) is 4.90 Å². The van der Waals surface area contributed by atoms with E-state index in [0.29, 0.717) is 5.69 Å². The van der Waals surface area contributed by atoms with Gasteiger partial charge in [0.2, 0.25) is 10.0 Å². The second-order valence-corrected chi connectivity index (χ2v) is 5.53. The molecule has 98 valence electrons. The van der Waals surface area contributed by atoms with Gasteiger partial charge in [-0.05, 0) is 13.8 Å². The van der Waals surface area contributed by atoms with Crippen LogP contribution in [0.3, 0.4) is 0 Å². The number of nitrogens with two attached hydrogens (primary N) is 1. The number of anilines is 1. The smallest absolute Gasteiger partial charge is 0.246 e.